The third kappa shape index (κ3) is 4.86. The number of hydrogen-bond donors (Lipinski definition) is 1. The molecule has 1 N–H and O–H groups in total. The summed E-state index contributed by atoms with van der Waals surface area (Å²) in [5.74, 6) is -5.48. The molecule has 0 saturated heterocycles. The van der Waals surface area contributed by atoms with E-state index in [2.05, 4.69) is 5.32 Å². The third-order valence-electron chi connectivity index (χ3n) is 5.61. The van der Waals surface area contributed by atoms with E-state index in [4.69, 9.17) is 0 Å². The van der Waals surface area contributed by atoms with Crippen LogP contribution in [0.1, 0.15) is 49.9 Å². The van der Waals surface area contributed by atoms with Crippen molar-refractivity contribution in [3.8, 4) is 0 Å². The number of benzene rings is 2. The summed E-state index contributed by atoms with van der Waals surface area (Å²) < 4.78 is 54.0. The van der Waals surface area contributed by atoms with E-state index in [0.29, 0.717) is 12.1 Å². The fraction of sp³-hybridized carbons (Fsp3) is 0.364. The molecule has 160 valence electrons. The Labute approximate surface area is 176 Å². The lowest BCUT2D eigenvalue weighted by molar-refractivity contribution is -0.127. The molecular weight excluding hydrogens is 418 g/mol. The minimum Gasteiger partial charge on any atom is -0.322 e. The number of rotatable bonds is 5. The smallest absolute Gasteiger partial charge is 0.255 e. The molecule has 0 radical (unpaired) electrons. The number of hydrogen-bond acceptors (Lipinski definition) is 3. The van der Waals surface area contributed by atoms with Crippen LogP contribution in [0.2, 0.25) is 0 Å². The minimum atomic E-state index is -1.62. The maximum Gasteiger partial charge on any atom is 0.255 e. The van der Waals surface area contributed by atoms with Crippen molar-refractivity contribution < 1.29 is 27.2 Å². The van der Waals surface area contributed by atoms with Crippen LogP contribution < -0.4 is 5.32 Å². The van der Waals surface area contributed by atoms with Crippen molar-refractivity contribution in [1.82, 2.24) is 0 Å². The summed E-state index contributed by atoms with van der Waals surface area (Å²) in [7, 11) is 0. The highest BCUT2D eigenvalue weighted by atomic mass is 32.2. The maximum absolute atomic E-state index is 14.3. The molecule has 0 spiro atoms. The first-order chi connectivity index (χ1) is 14.1. The maximum atomic E-state index is 14.3. The van der Waals surface area contributed by atoms with E-state index >= 15 is 0 Å². The molecule has 1 aliphatic rings. The summed E-state index contributed by atoms with van der Waals surface area (Å²) in [6.07, 6.45) is 2.96. The molecule has 2 aromatic carbocycles. The van der Waals surface area contributed by atoms with E-state index in [0.717, 1.165) is 31.7 Å². The van der Waals surface area contributed by atoms with Crippen molar-refractivity contribution in [2.24, 2.45) is 5.41 Å². The summed E-state index contributed by atoms with van der Waals surface area (Å²) in [4.78, 5) is 24.5. The first-order valence-electron chi connectivity index (χ1n) is 9.52. The third-order valence-corrected chi connectivity index (χ3v) is 6.99. The van der Waals surface area contributed by atoms with Gasteiger partial charge in [-0.3, -0.25) is 9.59 Å². The van der Waals surface area contributed by atoms with Gasteiger partial charge >= 0.3 is 0 Å². The van der Waals surface area contributed by atoms with Crippen LogP contribution in [0.15, 0.2) is 35.2 Å². The highest BCUT2D eigenvalue weighted by molar-refractivity contribution is 8.00. The molecule has 1 amide bonds. The fourth-order valence-electron chi connectivity index (χ4n) is 3.44. The quantitative estimate of drug-likeness (QED) is 0.451. The SMILES string of the molecule is CC(=O)C1(C)CCC(Sc2cc(C(=O)Nc3cc(F)c(F)c(F)c3)ccc2F)CC1. The Morgan fingerprint density at radius 2 is 1.60 bits per heavy atom. The molecule has 3 rings (SSSR count). The van der Waals surface area contributed by atoms with Crippen LogP contribution in [0.4, 0.5) is 23.2 Å². The molecule has 30 heavy (non-hydrogen) atoms. The zero-order valence-corrected chi connectivity index (χ0v) is 17.3. The number of carbonyl (C=O) groups excluding carboxylic acids is 2. The first-order valence-corrected chi connectivity index (χ1v) is 10.4. The van der Waals surface area contributed by atoms with Gasteiger partial charge in [-0.1, -0.05) is 6.92 Å². The molecule has 2 aromatic rings. The van der Waals surface area contributed by atoms with E-state index in [1.54, 1.807) is 6.92 Å². The molecule has 1 saturated carbocycles. The molecule has 1 aliphatic carbocycles. The Morgan fingerprint density at radius 3 is 2.17 bits per heavy atom. The van der Waals surface area contributed by atoms with Crippen molar-refractivity contribution in [3.05, 3.63) is 59.2 Å². The Balaban J connectivity index is 1.71. The lowest BCUT2D eigenvalue weighted by Crippen LogP contribution is -2.31. The number of halogens is 4. The lowest BCUT2D eigenvalue weighted by Gasteiger charge is -2.35. The van der Waals surface area contributed by atoms with Crippen molar-refractivity contribution in [2.75, 3.05) is 5.32 Å². The second-order valence-corrected chi connectivity index (χ2v) is 9.13. The molecule has 0 aromatic heterocycles. The molecule has 0 bridgehead atoms. The Hall–Kier alpha value is -2.35. The Morgan fingerprint density at radius 1 is 1.00 bits per heavy atom. The van der Waals surface area contributed by atoms with Crippen LogP contribution in [-0.4, -0.2) is 16.9 Å². The second kappa shape index (κ2) is 8.79. The van der Waals surface area contributed by atoms with Gasteiger partial charge in [-0.05, 0) is 50.8 Å². The van der Waals surface area contributed by atoms with E-state index in [1.165, 1.54) is 23.9 Å². The van der Waals surface area contributed by atoms with Gasteiger partial charge in [0, 0.05) is 38.9 Å². The average Bonchev–Trinajstić information content (AvgIpc) is 2.69. The predicted molar refractivity (Wildman–Crippen MR) is 108 cm³/mol. The van der Waals surface area contributed by atoms with Crippen molar-refractivity contribution in [1.29, 1.82) is 0 Å². The first kappa shape index (κ1) is 22.3. The monoisotopic (exact) mass is 439 g/mol. The van der Waals surface area contributed by atoms with E-state index in [-0.39, 0.29) is 32.6 Å². The molecule has 0 aliphatic heterocycles. The highest BCUT2D eigenvalue weighted by Gasteiger charge is 2.35. The predicted octanol–water partition coefficient (Wildman–Crippen LogP) is 6.13. The zero-order valence-electron chi connectivity index (χ0n) is 16.5. The van der Waals surface area contributed by atoms with Gasteiger partial charge in [0.15, 0.2) is 17.5 Å². The fourth-order valence-corrected chi connectivity index (χ4v) is 4.65. The minimum absolute atomic E-state index is 0.105. The lowest BCUT2D eigenvalue weighted by atomic mass is 9.73. The normalized spacial score (nSPS) is 21.3. The van der Waals surface area contributed by atoms with Gasteiger partial charge in [0.05, 0.1) is 0 Å². The van der Waals surface area contributed by atoms with Crippen LogP contribution in [0.25, 0.3) is 0 Å². The van der Waals surface area contributed by atoms with Crippen LogP contribution in [0.3, 0.4) is 0 Å². The van der Waals surface area contributed by atoms with Crippen LogP contribution in [0, 0.1) is 28.7 Å². The number of thioether (sulfide) groups is 1. The van der Waals surface area contributed by atoms with Gasteiger partial charge in [-0.25, -0.2) is 17.6 Å². The summed E-state index contributed by atoms with van der Waals surface area (Å²) in [5, 5.41) is 2.40. The molecular formula is C22H21F4NO2S. The van der Waals surface area contributed by atoms with Gasteiger partial charge in [-0.2, -0.15) is 0 Å². The molecule has 8 heteroatoms. The molecule has 0 atom stereocenters. The zero-order chi connectivity index (χ0) is 22.1. The molecule has 0 heterocycles. The largest absolute Gasteiger partial charge is 0.322 e. The number of ketones is 1. The standard InChI is InChI=1S/C22H21F4NO2S/c1-12(28)22(2)7-5-15(6-8-22)30-19-9-13(3-4-16(19)23)21(29)27-14-10-17(24)20(26)18(25)11-14/h3-4,9-11,15H,5-8H2,1-2H3,(H,27,29). The number of amides is 1. The van der Waals surface area contributed by atoms with Crippen molar-refractivity contribution in [2.45, 2.75) is 49.7 Å². The summed E-state index contributed by atoms with van der Waals surface area (Å²) in [6, 6.07) is 5.14. The summed E-state index contributed by atoms with van der Waals surface area (Å²) in [6.45, 7) is 3.54. The van der Waals surface area contributed by atoms with Crippen molar-refractivity contribution in [3.63, 3.8) is 0 Å². The number of carbonyl (C=O) groups is 2. The van der Waals surface area contributed by atoms with Crippen molar-refractivity contribution >= 4 is 29.1 Å². The van der Waals surface area contributed by atoms with Crippen LogP contribution in [-0.2, 0) is 4.79 Å². The Kier molecular flexibility index (Phi) is 6.55. The topological polar surface area (TPSA) is 46.2 Å². The number of Topliss-reactive ketones (excluding diaryl/α,β-unsaturated/α-hetero) is 1. The number of anilines is 1. The van der Waals surface area contributed by atoms with E-state index in [1.807, 2.05) is 6.92 Å². The van der Waals surface area contributed by atoms with Gasteiger partial charge in [0.25, 0.3) is 5.91 Å². The number of nitrogens with one attached hydrogen (secondary N) is 1. The molecule has 1 fully saturated rings. The second-order valence-electron chi connectivity index (χ2n) is 7.79. The Bertz CT molecular complexity index is 964. The van der Waals surface area contributed by atoms with E-state index in [9.17, 15) is 27.2 Å². The van der Waals surface area contributed by atoms with Crippen LogP contribution >= 0.6 is 11.8 Å². The van der Waals surface area contributed by atoms with E-state index < -0.39 is 29.2 Å². The summed E-state index contributed by atoms with van der Waals surface area (Å²) >= 11 is 1.31. The van der Waals surface area contributed by atoms with Crippen LogP contribution in [0.5, 0.6) is 0 Å². The molecule has 0 unspecified atom stereocenters. The average molecular weight is 439 g/mol. The van der Waals surface area contributed by atoms with Gasteiger partial charge in [0.2, 0.25) is 0 Å². The highest BCUT2D eigenvalue weighted by Crippen LogP contribution is 2.43. The molecule has 3 nitrogen and oxygen atoms in total. The summed E-state index contributed by atoms with van der Waals surface area (Å²) in [5.41, 5.74) is -0.476. The van der Waals surface area contributed by atoms with Gasteiger partial charge in [0.1, 0.15) is 11.6 Å². The van der Waals surface area contributed by atoms with Gasteiger partial charge < -0.3 is 5.32 Å². The van der Waals surface area contributed by atoms with Gasteiger partial charge in [-0.15, -0.1) is 11.8 Å².